The molecule has 1 aliphatic rings. The molecule has 1 saturated carbocycles. The molecule has 0 aromatic heterocycles. The van der Waals surface area contributed by atoms with Gasteiger partial charge in [0, 0.05) is 24.8 Å². The van der Waals surface area contributed by atoms with Crippen LogP contribution in [0.3, 0.4) is 0 Å². The third-order valence-corrected chi connectivity index (χ3v) is 4.50. The number of carbonyl (C=O) groups excluding carboxylic acids is 1. The number of anilines is 1. The summed E-state index contributed by atoms with van der Waals surface area (Å²) in [6, 6.07) is 5.90. The van der Waals surface area contributed by atoms with Crippen LogP contribution in [0.15, 0.2) is 18.2 Å². The smallest absolute Gasteiger partial charge is 0.253 e. The topological polar surface area (TPSA) is 44.4 Å². The van der Waals surface area contributed by atoms with Gasteiger partial charge in [0.25, 0.3) is 5.91 Å². The minimum absolute atomic E-state index is 0.00572. The van der Waals surface area contributed by atoms with E-state index in [2.05, 4.69) is 29.6 Å². The summed E-state index contributed by atoms with van der Waals surface area (Å²) in [5.41, 5.74) is 2.85. The van der Waals surface area contributed by atoms with E-state index in [1.165, 1.54) is 6.42 Å². The molecular formula is C16H25N3O. The molecule has 20 heavy (non-hydrogen) atoms. The van der Waals surface area contributed by atoms with E-state index in [4.69, 9.17) is 0 Å². The Kier molecular flexibility index (Phi) is 4.33. The molecule has 1 amide bonds. The fourth-order valence-electron chi connectivity index (χ4n) is 2.77. The van der Waals surface area contributed by atoms with Gasteiger partial charge in [-0.05, 0) is 52.4 Å². The van der Waals surface area contributed by atoms with E-state index < -0.39 is 0 Å². The van der Waals surface area contributed by atoms with Gasteiger partial charge in [-0.3, -0.25) is 4.79 Å². The van der Waals surface area contributed by atoms with Gasteiger partial charge < -0.3 is 15.5 Å². The minimum Gasteiger partial charge on any atom is -0.387 e. The average molecular weight is 275 g/mol. The lowest BCUT2D eigenvalue weighted by molar-refractivity contribution is 0.0558. The largest absolute Gasteiger partial charge is 0.387 e. The lowest BCUT2D eigenvalue weighted by atomic mass is 9.75. The molecule has 0 heterocycles. The molecule has 0 unspecified atom stereocenters. The number of aryl methyl sites for hydroxylation is 1. The molecule has 1 aromatic rings. The molecule has 4 heteroatoms. The van der Waals surface area contributed by atoms with Crippen LogP contribution in [0.25, 0.3) is 0 Å². The molecule has 1 aliphatic carbocycles. The second kappa shape index (κ2) is 5.83. The van der Waals surface area contributed by atoms with Crippen LogP contribution in [0.5, 0.6) is 0 Å². The maximum Gasteiger partial charge on any atom is 0.253 e. The summed E-state index contributed by atoms with van der Waals surface area (Å²) < 4.78 is 0. The number of rotatable bonds is 5. The van der Waals surface area contributed by atoms with Gasteiger partial charge in [0.2, 0.25) is 0 Å². The predicted octanol–water partition coefficient (Wildman–Crippen LogP) is 2.25. The highest BCUT2D eigenvalue weighted by Gasteiger charge is 2.39. The summed E-state index contributed by atoms with van der Waals surface area (Å²) in [4.78, 5) is 14.7. The molecule has 1 fully saturated rings. The zero-order valence-corrected chi connectivity index (χ0v) is 12.9. The van der Waals surface area contributed by atoms with Gasteiger partial charge in [0.05, 0.1) is 5.56 Å². The first-order valence-corrected chi connectivity index (χ1v) is 7.22. The molecule has 2 N–H and O–H groups in total. The summed E-state index contributed by atoms with van der Waals surface area (Å²) in [6.45, 7) is 2.72. The highest BCUT2D eigenvalue weighted by molar-refractivity contribution is 5.99. The summed E-state index contributed by atoms with van der Waals surface area (Å²) >= 11 is 0. The zero-order chi connectivity index (χ0) is 14.8. The molecule has 0 saturated heterocycles. The van der Waals surface area contributed by atoms with Crippen LogP contribution in [0.1, 0.15) is 35.2 Å². The first kappa shape index (κ1) is 14.9. The van der Waals surface area contributed by atoms with Crippen molar-refractivity contribution in [3.8, 4) is 0 Å². The zero-order valence-electron chi connectivity index (χ0n) is 12.9. The van der Waals surface area contributed by atoms with Crippen molar-refractivity contribution < 1.29 is 4.79 Å². The van der Waals surface area contributed by atoms with Crippen LogP contribution < -0.4 is 10.6 Å². The average Bonchev–Trinajstić information content (AvgIpc) is 2.36. The Balaban J connectivity index is 2.07. The highest BCUT2D eigenvalue weighted by atomic mass is 16.1. The molecule has 2 rings (SSSR count). The number of nitrogens with zero attached hydrogens (tertiary/aromatic N) is 1. The molecule has 0 atom stereocenters. The van der Waals surface area contributed by atoms with E-state index in [9.17, 15) is 4.79 Å². The van der Waals surface area contributed by atoms with Crippen LogP contribution in [0.4, 0.5) is 5.69 Å². The first-order valence-electron chi connectivity index (χ1n) is 7.22. The summed E-state index contributed by atoms with van der Waals surface area (Å²) in [6.07, 6.45) is 3.57. The van der Waals surface area contributed by atoms with Crippen molar-refractivity contribution in [1.29, 1.82) is 0 Å². The monoisotopic (exact) mass is 275 g/mol. The van der Waals surface area contributed by atoms with E-state index in [0.717, 1.165) is 36.2 Å². The maximum absolute atomic E-state index is 12.4. The van der Waals surface area contributed by atoms with E-state index in [1.807, 2.05) is 32.2 Å². The Morgan fingerprint density at radius 3 is 2.55 bits per heavy atom. The fraction of sp³-hybridized carbons (Fsp3) is 0.562. The number of amides is 1. The van der Waals surface area contributed by atoms with Crippen molar-refractivity contribution in [1.82, 2.24) is 10.2 Å². The normalized spacial score (nSPS) is 16.6. The first-order chi connectivity index (χ1) is 9.48. The Bertz CT molecular complexity index is 492. The Labute approximate surface area is 121 Å². The lowest BCUT2D eigenvalue weighted by Gasteiger charge is -2.47. The Morgan fingerprint density at radius 2 is 2.05 bits per heavy atom. The molecule has 0 spiro atoms. The SMILES string of the molecule is CNc1ccc(C)cc1C(=O)NCC1(N(C)C)CCC1. The van der Waals surface area contributed by atoms with Crippen LogP contribution in [-0.4, -0.2) is 44.0 Å². The maximum atomic E-state index is 12.4. The lowest BCUT2D eigenvalue weighted by Crippen LogP contribution is -2.57. The van der Waals surface area contributed by atoms with Crippen molar-refractivity contribution in [2.24, 2.45) is 0 Å². The van der Waals surface area contributed by atoms with Crippen LogP contribution in [0, 0.1) is 6.92 Å². The molecule has 0 radical (unpaired) electrons. The number of carbonyl (C=O) groups is 1. The summed E-state index contributed by atoms with van der Waals surface area (Å²) in [7, 11) is 6.03. The van der Waals surface area contributed by atoms with E-state index in [-0.39, 0.29) is 11.4 Å². The predicted molar refractivity (Wildman–Crippen MR) is 83.3 cm³/mol. The van der Waals surface area contributed by atoms with Gasteiger partial charge in [0.15, 0.2) is 0 Å². The number of likely N-dealkylation sites (N-methyl/N-ethyl adjacent to an activating group) is 1. The number of hydrogen-bond acceptors (Lipinski definition) is 3. The van der Waals surface area contributed by atoms with Gasteiger partial charge in [-0.25, -0.2) is 0 Å². The fourth-order valence-corrected chi connectivity index (χ4v) is 2.77. The van der Waals surface area contributed by atoms with Crippen molar-refractivity contribution in [3.05, 3.63) is 29.3 Å². The number of nitrogens with one attached hydrogen (secondary N) is 2. The Hall–Kier alpha value is -1.55. The van der Waals surface area contributed by atoms with Crippen molar-refractivity contribution in [3.63, 3.8) is 0 Å². The Morgan fingerprint density at radius 1 is 1.35 bits per heavy atom. The van der Waals surface area contributed by atoms with Gasteiger partial charge in [-0.2, -0.15) is 0 Å². The molecule has 0 aliphatic heterocycles. The van der Waals surface area contributed by atoms with E-state index in [1.54, 1.807) is 0 Å². The standard InChI is InChI=1S/C16H25N3O/c1-12-6-7-14(17-2)13(10-12)15(20)18-11-16(19(3)4)8-5-9-16/h6-7,10,17H,5,8-9,11H2,1-4H3,(H,18,20). The van der Waals surface area contributed by atoms with Gasteiger partial charge in [-0.1, -0.05) is 11.6 Å². The van der Waals surface area contributed by atoms with Crippen LogP contribution >= 0.6 is 0 Å². The van der Waals surface area contributed by atoms with Gasteiger partial charge >= 0.3 is 0 Å². The number of hydrogen-bond donors (Lipinski definition) is 2. The minimum atomic E-state index is 0.00572. The highest BCUT2D eigenvalue weighted by Crippen LogP contribution is 2.35. The third-order valence-electron chi connectivity index (χ3n) is 4.50. The third kappa shape index (κ3) is 2.80. The molecular weight excluding hydrogens is 250 g/mol. The molecule has 110 valence electrons. The summed E-state index contributed by atoms with van der Waals surface area (Å²) in [5.74, 6) is 0.00572. The molecule has 0 bridgehead atoms. The van der Waals surface area contributed by atoms with Crippen LogP contribution in [-0.2, 0) is 0 Å². The van der Waals surface area contributed by atoms with Gasteiger partial charge in [-0.15, -0.1) is 0 Å². The van der Waals surface area contributed by atoms with Crippen LogP contribution in [0.2, 0.25) is 0 Å². The van der Waals surface area contributed by atoms with Crippen molar-refractivity contribution in [2.75, 3.05) is 33.0 Å². The van der Waals surface area contributed by atoms with E-state index in [0.29, 0.717) is 0 Å². The second-order valence-electron chi connectivity index (χ2n) is 5.95. The number of benzene rings is 1. The van der Waals surface area contributed by atoms with Crippen molar-refractivity contribution in [2.45, 2.75) is 31.7 Å². The summed E-state index contributed by atoms with van der Waals surface area (Å²) in [5, 5.41) is 6.18. The van der Waals surface area contributed by atoms with E-state index >= 15 is 0 Å². The van der Waals surface area contributed by atoms with Crippen molar-refractivity contribution >= 4 is 11.6 Å². The second-order valence-corrected chi connectivity index (χ2v) is 5.95. The molecule has 1 aromatic carbocycles. The molecule has 4 nitrogen and oxygen atoms in total. The quantitative estimate of drug-likeness (QED) is 0.866. The van der Waals surface area contributed by atoms with Gasteiger partial charge in [0.1, 0.15) is 0 Å².